The lowest BCUT2D eigenvalue weighted by Gasteiger charge is -2.26. The molecular weight excluding hydrogens is 268 g/mol. The van der Waals surface area contributed by atoms with Crippen LogP contribution in [0, 0.1) is 0 Å². The van der Waals surface area contributed by atoms with Gasteiger partial charge in [-0.15, -0.1) is 0 Å². The minimum atomic E-state index is -0.320. The number of pyridine rings is 1. The highest BCUT2D eigenvalue weighted by Gasteiger charge is 2.25. The predicted octanol–water partition coefficient (Wildman–Crippen LogP) is 0.739. The van der Waals surface area contributed by atoms with Gasteiger partial charge in [-0.25, -0.2) is 4.98 Å². The lowest BCUT2D eigenvalue weighted by atomic mass is 10.2. The number of rotatable bonds is 3. The molecule has 0 atom stereocenters. The molecule has 0 aliphatic carbocycles. The van der Waals surface area contributed by atoms with Crippen molar-refractivity contribution in [2.75, 3.05) is 31.5 Å². The topological polar surface area (TPSA) is 74.3 Å². The summed E-state index contributed by atoms with van der Waals surface area (Å²) in [5.41, 5.74) is 0.176. The third-order valence-corrected chi connectivity index (χ3v) is 3.04. The molecule has 2 amide bonds. The Labute approximate surface area is 116 Å². The summed E-state index contributed by atoms with van der Waals surface area (Å²) in [6.45, 7) is 3.60. The summed E-state index contributed by atoms with van der Waals surface area (Å²) in [6.07, 6.45) is 0. The maximum atomic E-state index is 12.3. The minimum absolute atomic E-state index is 0.0439. The number of carbonyl (C=O) groups excluding carboxylic acids is 2. The van der Waals surface area contributed by atoms with Gasteiger partial charge in [-0.2, -0.15) is 0 Å². The van der Waals surface area contributed by atoms with Gasteiger partial charge in [0.1, 0.15) is 11.5 Å². The summed E-state index contributed by atoms with van der Waals surface area (Å²) < 4.78 is 0. The molecule has 2 heterocycles. The molecule has 0 spiro atoms. The molecule has 1 fully saturated rings. The molecule has 7 heteroatoms. The molecule has 1 aliphatic heterocycles. The molecule has 2 rings (SSSR count). The Morgan fingerprint density at radius 2 is 2.37 bits per heavy atom. The Hall–Kier alpha value is -1.82. The second-order valence-corrected chi connectivity index (χ2v) is 4.54. The molecule has 0 unspecified atom stereocenters. The van der Waals surface area contributed by atoms with E-state index in [1.54, 1.807) is 12.1 Å². The van der Waals surface area contributed by atoms with Crippen LogP contribution in [0.2, 0.25) is 5.02 Å². The second-order valence-electron chi connectivity index (χ2n) is 4.13. The van der Waals surface area contributed by atoms with Gasteiger partial charge in [0.15, 0.2) is 0 Å². The number of amides is 2. The van der Waals surface area contributed by atoms with Crippen LogP contribution in [0.25, 0.3) is 0 Å². The number of nitrogens with zero attached hydrogens (tertiary/aromatic N) is 2. The first-order valence-electron chi connectivity index (χ1n) is 6.08. The van der Waals surface area contributed by atoms with Crippen LogP contribution in [0.1, 0.15) is 17.4 Å². The first-order valence-corrected chi connectivity index (χ1v) is 6.46. The van der Waals surface area contributed by atoms with Crippen molar-refractivity contribution in [1.29, 1.82) is 0 Å². The Morgan fingerprint density at radius 1 is 1.58 bits per heavy atom. The third kappa shape index (κ3) is 3.14. The van der Waals surface area contributed by atoms with E-state index in [1.807, 2.05) is 6.92 Å². The van der Waals surface area contributed by atoms with Crippen LogP contribution in [0.15, 0.2) is 12.1 Å². The summed E-state index contributed by atoms with van der Waals surface area (Å²) in [5, 5.41) is 5.98. The second kappa shape index (κ2) is 5.88. The van der Waals surface area contributed by atoms with Gasteiger partial charge in [-0.05, 0) is 19.1 Å². The molecule has 1 saturated heterocycles. The molecule has 1 aliphatic rings. The van der Waals surface area contributed by atoms with Gasteiger partial charge in [0.25, 0.3) is 5.91 Å². The van der Waals surface area contributed by atoms with E-state index in [4.69, 9.17) is 11.6 Å². The van der Waals surface area contributed by atoms with Crippen molar-refractivity contribution in [2.24, 2.45) is 0 Å². The zero-order valence-corrected chi connectivity index (χ0v) is 11.3. The van der Waals surface area contributed by atoms with Gasteiger partial charge in [-0.3, -0.25) is 9.59 Å². The zero-order valence-electron chi connectivity index (χ0n) is 10.6. The quantitative estimate of drug-likeness (QED) is 0.857. The summed E-state index contributed by atoms with van der Waals surface area (Å²) in [4.78, 5) is 29.2. The monoisotopic (exact) mass is 282 g/mol. The smallest absolute Gasteiger partial charge is 0.274 e. The first kappa shape index (κ1) is 13.6. The average molecular weight is 283 g/mol. The fourth-order valence-electron chi connectivity index (χ4n) is 1.83. The van der Waals surface area contributed by atoms with E-state index in [0.29, 0.717) is 25.5 Å². The van der Waals surface area contributed by atoms with Crippen molar-refractivity contribution in [3.05, 3.63) is 22.8 Å². The number of anilines is 1. The van der Waals surface area contributed by atoms with Crippen LogP contribution in [0.4, 0.5) is 5.82 Å². The molecule has 0 bridgehead atoms. The largest absolute Gasteiger partial charge is 0.370 e. The molecule has 6 nitrogen and oxygen atoms in total. The van der Waals surface area contributed by atoms with Crippen molar-refractivity contribution >= 4 is 29.2 Å². The van der Waals surface area contributed by atoms with Crippen LogP contribution < -0.4 is 10.6 Å². The highest BCUT2D eigenvalue weighted by Crippen LogP contribution is 2.18. The molecule has 2 N–H and O–H groups in total. The molecule has 0 radical (unpaired) electrons. The summed E-state index contributed by atoms with van der Waals surface area (Å²) in [7, 11) is 0. The maximum Gasteiger partial charge on any atom is 0.274 e. The number of hydrogen-bond acceptors (Lipinski definition) is 4. The zero-order chi connectivity index (χ0) is 13.8. The summed E-state index contributed by atoms with van der Waals surface area (Å²) in [5.74, 6) is 0.106. The number of nitrogens with one attached hydrogen (secondary N) is 2. The maximum absolute atomic E-state index is 12.3. The Bertz CT molecular complexity index is 507. The normalized spacial score (nSPS) is 15.1. The van der Waals surface area contributed by atoms with E-state index >= 15 is 0 Å². The van der Waals surface area contributed by atoms with E-state index < -0.39 is 0 Å². The van der Waals surface area contributed by atoms with Crippen molar-refractivity contribution in [2.45, 2.75) is 6.92 Å². The number of piperazine rings is 1. The minimum Gasteiger partial charge on any atom is -0.370 e. The van der Waals surface area contributed by atoms with Crippen LogP contribution in [-0.2, 0) is 4.79 Å². The van der Waals surface area contributed by atoms with E-state index in [-0.39, 0.29) is 29.1 Å². The highest BCUT2D eigenvalue weighted by atomic mass is 35.5. The van der Waals surface area contributed by atoms with E-state index in [2.05, 4.69) is 15.6 Å². The highest BCUT2D eigenvalue weighted by molar-refractivity contribution is 6.33. The van der Waals surface area contributed by atoms with Crippen LogP contribution in [-0.4, -0.2) is 47.9 Å². The fourth-order valence-corrected chi connectivity index (χ4v) is 2.02. The SMILES string of the molecule is CCNc1ccc(Cl)c(C(=O)N2CCNC(=O)C2)n1. The van der Waals surface area contributed by atoms with Crippen molar-refractivity contribution in [3.8, 4) is 0 Å². The molecule has 0 aromatic carbocycles. The number of halogens is 1. The molecule has 1 aromatic heterocycles. The molecule has 1 aromatic rings. The summed E-state index contributed by atoms with van der Waals surface area (Å²) in [6, 6.07) is 3.34. The molecule has 19 heavy (non-hydrogen) atoms. The van der Waals surface area contributed by atoms with Gasteiger partial charge in [0.2, 0.25) is 5.91 Å². The third-order valence-electron chi connectivity index (χ3n) is 2.73. The van der Waals surface area contributed by atoms with Gasteiger partial charge in [0, 0.05) is 19.6 Å². The first-order chi connectivity index (χ1) is 9.11. The Morgan fingerprint density at radius 3 is 3.05 bits per heavy atom. The molecular formula is C12H15ClN4O2. The molecule has 0 saturated carbocycles. The lowest BCUT2D eigenvalue weighted by Crippen LogP contribution is -2.50. The van der Waals surface area contributed by atoms with Gasteiger partial charge in [-0.1, -0.05) is 11.6 Å². The van der Waals surface area contributed by atoms with E-state index in [1.165, 1.54) is 4.90 Å². The Balaban J connectivity index is 2.22. The van der Waals surface area contributed by atoms with Gasteiger partial charge in [0.05, 0.1) is 11.6 Å². The number of carbonyl (C=O) groups is 2. The van der Waals surface area contributed by atoms with Crippen molar-refractivity contribution < 1.29 is 9.59 Å². The average Bonchev–Trinajstić information content (AvgIpc) is 2.40. The predicted molar refractivity (Wildman–Crippen MR) is 72.3 cm³/mol. The number of hydrogen-bond donors (Lipinski definition) is 2. The molecule has 102 valence electrons. The van der Waals surface area contributed by atoms with Crippen LogP contribution in [0.5, 0.6) is 0 Å². The van der Waals surface area contributed by atoms with Crippen molar-refractivity contribution in [3.63, 3.8) is 0 Å². The van der Waals surface area contributed by atoms with E-state index in [0.717, 1.165) is 0 Å². The van der Waals surface area contributed by atoms with Gasteiger partial charge < -0.3 is 15.5 Å². The van der Waals surface area contributed by atoms with Crippen LogP contribution >= 0.6 is 11.6 Å². The number of aromatic nitrogens is 1. The Kier molecular flexibility index (Phi) is 4.21. The lowest BCUT2D eigenvalue weighted by molar-refractivity contribution is -0.123. The summed E-state index contributed by atoms with van der Waals surface area (Å²) >= 11 is 6.01. The van der Waals surface area contributed by atoms with Gasteiger partial charge >= 0.3 is 0 Å². The standard InChI is InChI=1S/C12H15ClN4O2/c1-2-14-9-4-3-8(13)11(16-9)12(19)17-6-5-15-10(18)7-17/h3-4H,2,5-7H2,1H3,(H,14,16)(H,15,18). The fraction of sp³-hybridized carbons (Fsp3) is 0.417. The van der Waals surface area contributed by atoms with Crippen molar-refractivity contribution in [1.82, 2.24) is 15.2 Å². The van der Waals surface area contributed by atoms with Crippen LogP contribution in [0.3, 0.4) is 0 Å². The van der Waals surface area contributed by atoms with E-state index in [9.17, 15) is 9.59 Å².